The highest BCUT2D eigenvalue weighted by Gasteiger charge is 2.26. The van der Waals surface area contributed by atoms with Crippen molar-refractivity contribution in [2.75, 3.05) is 26.2 Å². The predicted octanol–water partition coefficient (Wildman–Crippen LogP) is 4.36. The maximum atomic E-state index is 5.59. The third-order valence-electron chi connectivity index (χ3n) is 5.84. The smallest absolute Gasteiger partial charge is 0.244 e. The SMILES string of the molecule is Cc1ccc(-c2noc(C(C)N3CCN(Cn4[nH]c(-c5cccs5)nc4=S)CC3)n2)cc1. The number of hydrogen-bond donors (Lipinski definition) is 1. The number of aromatic nitrogens is 5. The number of thiophene rings is 1. The van der Waals surface area contributed by atoms with E-state index in [1.807, 2.05) is 34.3 Å². The average molecular weight is 468 g/mol. The molecule has 1 fully saturated rings. The van der Waals surface area contributed by atoms with Gasteiger partial charge in [-0.2, -0.15) is 9.97 Å². The minimum absolute atomic E-state index is 0.0728. The number of benzene rings is 1. The van der Waals surface area contributed by atoms with Crippen LogP contribution in [0.4, 0.5) is 0 Å². The molecule has 5 rings (SSSR count). The van der Waals surface area contributed by atoms with Crippen LogP contribution in [-0.4, -0.2) is 60.9 Å². The molecule has 1 atom stereocenters. The van der Waals surface area contributed by atoms with Gasteiger partial charge in [-0.1, -0.05) is 41.1 Å². The first-order chi connectivity index (χ1) is 15.6. The van der Waals surface area contributed by atoms with Crippen molar-refractivity contribution in [3.8, 4) is 22.1 Å². The molecule has 10 heteroatoms. The molecule has 4 heterocycles. The monoisotopic (exact) mass is 467 g/mol. The Morgan fingerprint density at radius 3 is 2.62 bits per heavy atom. The summed E-state index contributed by atoms with van der Waals surface area (Å²) in [5.74, 6) is 2.13. The Morgan fingerprint density at radius 2 is 1.91 bits per heavy atom. The van der Waals surface area contributed by atoms with Crippen LogP contribution in [0, 0.1) is 11.7 Å². The van der Waals surface area contributed by atoms with Gasteiger partial charge in [0.2, 0.25) is 16.5 Å². The third kappa shape index (κ3) is 4.44. The Kier molecular flexibility index (Phi) is 6.01. The molecule has 32 heavy (non-hydrogen) atoms. The largest absolute Gasteiger partial charge is 0.337 e. The second-order valence-electron chi connectivity index (χ2n) is 8.05. The van der Waals surface area contributed by atoms with Gasteiger partial charge in [-0.15, -0.1) is 11.3 Å². The van der Waals surface area contributed by atoms with Crippen LogP contribution in [-0.2, 0) is 6.67 Å². The van der Waals surface area contributed by atoms with E-state index in [4.69, 9.17) is 16.7 Å². The number of rotatable bonds is 6. The second kappa shape index (κ2) is 9.07. The molecule has 3 aromatic heterocycles. The Morgan fingerprint density at radius 1 is 1.12 bits per heavy atom. The van der Waals surface area contributed by atoms with E-state index in [1.54, 1.807) is 11.3 Å². The molecule has 1 saturated heterocycles. The number of aryl methyl sites for hydroxylation is 1. The van der Waals surface area contributed by atoms with E-state index in [2.05, 4.69) is 56.0 Å². The topological polar surface area (TPSA) is 79.0 Å². The van der Waals surface area contributed by atoms with Gasteiger partial charge in [0.25, 0.3) is 0 Å². The standard InChI is InChI=1S/C22H25N7OS2/c1-15-5-7-17(8-6-15)19-23-21(30-26-19)16(2)28-11-9-27(10-12-28)14-29-22(31)24-20(25-29)18-4-3-13-32-18/h3-8,13,16H,9-12,14H2,1-2H3,(H,24,25,31). The van der Waals surface area contributed by atoms with Crippen LogP contribution in [0.25, 0.3) is 22.1 Å². The quantitative estimate of drug-likeness (QED) is 0.422. The molecule has 0 saturated carbocycles. The first kappa shape index (κ1) is 21.2. The average Bonchev–Trinajstić information content (AvgIpc) is 3.56. The van der Waals surface area contributed by atoms with Crippen LogP contribution in [0.5, 0.6) is 0 Å². The van der Waals surface area contributed by atoms with Crippen molar-refractivity contribution in [1.29, 1.82) is 0 Å². The normalized spacial score (nSPS) is 16.4. The van der Waals surface area contributed by atoms with Crippen LogP contribution in [0.1, 0.15) is 24.4 Å². The lowest BCUT2D eigenvalue weighted by Gasteiger charge is -2.36. The number of nitrogens with zero attached hydrogens (tertiary/aromatic N) is 6. The zero-order chi connectivity index (χ0) is 22.1. The van der Waals surface area contributed by atoms with E-state index in [1.165, 1.54) is 5.56 Å². The lowest BCUT2D eigenvalue weighted by molar-refractivity contribution is 0.0685. The summed E-state index contributed by atoms with van der Waals surface area (Å²) in [6.45, 7) is 8.59. The van der Waals surface area contributed by atoms with Crippen molar-refractivity contribution >= 4 is 23.6 Å². The highest BCUT2D eigenvalue weighted by molar-refractivity contribution is 7.71. The lowest BCUT2D eigenvalue weighted by Crippen LogP contribution is -2.47. The molecule has 1 unspecified atom stereocenters. The molecule has 1 aromatic carbocycles. The summed E-state index contributed by atoms with van der Waals surface area (Å²) in [5.41, 5.74) is 2.18. The third-order valence-corrected chi connectivity index (χ3v) is 7.03. The zero-order valence-corrected chi connectivity index (χ0v) is 19.7. The molecule has 1 aliphatic rings. The summed E-state index contributed by atoms with van der Waals surface area (Å²) in [7, 11) is 0. The Hall–Kier alpha value is -2.66. The maximum absolute atomic E-state index is 5.59. The molecule has 166 valence electrons. The van der Waals surface area contributed by atoms with Gasteiger partial charge in [0.05, 0.1) is 17.6 Å². The van der Waals surface area contributed by atoms with Gasteiger partial charge >= 0.3 is 0 Å². The van der Waals surface area contributed by atoms with Crippen molar-refractivity contribution in [3.05, 3.63) is 58.0 Å². The zero-order valence-electron chi connectivity index (χ0n) is 18.1. The molecule has 0 bridgehead atoms. The maximum Gasteiger partial charge on any atom is 0.244 e. The Labute approximate surface area is 195 Å². The summed E-state index contributed by atoms with van der Waals surface area (Å²) in [4.78, 5) is 15.0. The molecule has 0 aliphatic carbocycles. The number of nitrogens with one attached hydrogen (secondary N) is 1. The van der Waals surface area contributed by atoms with Gasteiger partial charge in [-0.3, -0.25) is 14.9 Å². The number of piperazine rings is 1. The van der Waals surface area contributed by atoms with Crippen LogP contribution < -0.4 is 0 Å². The summed E-state index contributed by atoms with van der Waals surface area (Å²) in [6.07, 6.45) is 0. The van der Waals surface area contributed by atoms with Crippen molar-refractivity contribution in [2.45, 2.75) is 26.6 Å². The fraction of sp³-hybridized carbons (Fsp3) is 0.364. The highest BCUT2D eigenvalue weighted by atomic mass is 32.1. The van der Waals surface area contributed by atoms with Gasteiger partial charge in [-0.25, -0.2) is 4.68 Å². The van der Waals surface area contributed by atoms with Gasteiger partial charge in [-0.05, 0) is 37.5 Å². The molecule has 0 spiro atoms. The molecular formula is C22H25N7OS2. The van der Waals surface area contributed by atoms with E-state index in [0.717, 1.165) is 42.4 Å². The van der Waals surface area contributed by atoms with E-state index in [0.29, 0.717) is 23.2 Å². The van der Waals surface area contributed by atoms with Gasteiger partial charge in [0, 0.05) is 31.7 Å². The predicted molar refractivity (Wildman–Crippen MR) is 127 cm³/mol. The Balaban J connectivity index is 1.19. The van der Waals surface area contributed by atoms with E-state index >= 15 is 0 Å². The Bertz CT molecular complexity index is 1220. The molecule has 1 aliphatic heterocycles. The minimum Gasteiger partial charge on any atom is -0.337 e. The summed E-state index contributed by atoms with van der Waals surface area (Å²) >= 11 is 7.11. The van der Waals surface area contributed by atoms with Crippen LogP contribution in [0.15, 0.2) is 46.3 Å². The van der Waals surface area contributed by atoms with Gasteiger partial charge < -0.3 is 4.52 Å². The van der Waals surface area contributed by atoms with E-state index in [9.17, 15) is 0 Å². The number of aromatic amines is 1. The molecule has 1 N–H and O–H groups in total. The van der Waals surface area contributed by atoms with E-state index in [-0.39, 0.29) is 6.04 Å². The molecule has 8 nitrogen and oxygen atoms in total. The number of H-pyrrole nitrogens is 1. The second-order valence-corrected chi connectivity index (χ2v) is 9.37. The molecular weight excluding hydrogens is 442 g/mol. The first-order valence-corrected chi connectivity index (χ1v) is 11.9. The molecule has 4 aromatic rings. The first-order valence-electron chi connectivity index (χ1n) is 10.6. The fourth-order valence-electron chi connectivity index (χ4n) is 3.85. The highest BCUT2D eigenvalue weighted by Crippen LogP contribution is 2.24. The van der Waals surface area contributed by atoms with Crippen molar-refractivity contribution < 1.29 is 4.52 Å². The summed E-state index contributed by atoms with van der Waals surface area (Å²) in [5, 5.41) is 9.56. The van der Waals surface area contributed by atoms with E-state index < -0.39 is 0 Å². The minimum atomic E-state index is 0.0728. The molecule has 0 amide bonds. The van der Waals surface area contributed by atoms with Gasteiger partial charge in [0.15, 0.2) is 5.82 Å². The summed E-state index contributed by atoms with van der Waals surface area (Å²) in [6, 6.07) is 12.3. The van der Waals surface area contributed by atoms with Crippen molar-refractivity contribution in [3.63, 3.8) is 0 Å². The van der Waals surface area contributed by atoms with Crippen LogP contribution in [0.2, 0.25) is 0 Å². The number of hydrogen-bond acceptors (Lipinski definition) is 8. The van der Waals surface area contributed by atoms with Crippen molar-refractivity contribution in [2.24, 2.45) is 0 Å². The fourth-order valence-corrected chi connectivity index (χ4v) is 4.71. The van der Waals surface area contributed by atoms with Gasteiger partial charge in [0.1, 0.15) is 0 Å². The van der Waals surface area contributed by atoms with Crippen LogP contribution >= 0.6 is 23.6 Å². The summed E-state index contributed by atoms with van der Waals surface area (Å²) < 4.78 is 8.12. The molecule has 0 radical (unpaired) electrons. The van der Waals surface area contributed by atoms with Crippen molar-refractivity contribution in [1.82, 2.24) is 34.7 Å². The van der Waals surface area contributed by atoms with Crippen LogP contribution in [0.3, 0.4) is 0 Å². The lowest BCUT2D eigenvalue weighted by atomic mass is 10.1.